The molecule has 8 heteroatoms. The molecule has 0 rings (SSSR count). The van der Waals surface area contributed by atoms with Crippen LogP contribution in [-0.4, -0.2) is 52.5 Å². The number of nitrogens with zero attached hydrogens (tertiary/aromatic N) is 1. The van der Waals surface area contributed by atoms with Crippen LogP contribution in [-0.2, 0) is 14.4 Å². The minimum absolute atomic E-state index is 0.0341. The molecule has 0 aliphatic rings. The summed E-state index contributed by atoms with van der Waals surface area (Å²) >= 11 is 0. The van der Waals surface area contributed by atoms with Gasteiger partial charge < -0.3 is 20.4 Å². The summed E-state index contributed by atoms with van der Waals surface area (Å²) in [5.74, 6) is -3.10. The number of carboxylic acids is 1. The SMILES string of the molecule is CCC(C(=O)O)C(O)C(NC(=O)/C=[N+](\[O-])OC)C(C)C. The molecular formula is C12H22N2O6. The lowest BCUT2D eigenvalue weighted by atomic mass is 9.88. The molecule has 0 aromatic rings. The number of amides is 1. The van der Waals surface area contributed by atoms with Gasteiger partial charge in [-0.3, -0.25) is 14.8 Å². The smallest absolute Gasteiger partial charge is 0.314 e. The van der Waals surface area contributed by atoms with Crippen molar-refractivity contribution in [2.75, 3.05) is 7.11 Å². The van der Waals surface area contributed by atoms with Crippen molar-refractivity contribution in [1.29, 1.82) is 0 Å². The van der Waals surface area contributed by atoms with Crippen LogP contribution in [0.2, 0.25) is 0 Å². The molecule has 20 heavy (non-hydrogen) atoms. The van der Waals surface area contributed by atoms with Crippen molar-refractivity contribution >= 4 is 18.1 Å². The first-order valence-corrected chi connectivity index (χ1v) is 6.31. The number of hydrogen-bond acceptors (Lipinski definition) is 5. The minimum Gasteiger partial charge on any atom is -0.481 e. The third-order valence-electron chi connectivity index (χ3n) is 2.97. The molecule has 116 valence electrons. The zero-order valence-corrected chi connectivity index (χ0v) is 12.1. The quantitative estimate of drug-likeness (QED) is 0.322. The van der Waals surface area contributed by atoms with Crippen molar-refractivity contribution in [2.24, 2.45) is 11.8 Å². The van der Waals surface area contributed by atoms with Gasteiger partial charge >= 0.3 is 11.9 Å². The second kappa shape index (κ2) is 8.36. The van der Waals surface area contributed by atoms with Crippen LogP contribution in [0, 0.1) is 17.0 Å². The standard InChI is InChI=1S/C12H22N2O6/c1-5-8(12(17)18)11(16)10(7(2)3)13-9(15)6-14(19)20-4/h6-8,10-11,16H,5H2,1-4H3,(H,13,15)(H,17,18)/b14-6+. The number of carboxylic acid groups (broad SMARTS) is 1. The summed E-state index contributed by atoms with van der Waals surface area (Å²) in [4.78, 5) is 26.8. The van der Waals surface area contributed by atoms with E-state index in [1.54, 1.807) is 20.8 Å². The van der Waals surface area contributed by atoms with E-state index in [0.29, 0.717) is 6.21 Å². The molecule has 0 aliphatic heterocycles. The van der Waals surface area contributed by atoms with E-state index in [1.807, 2.05) is 0 Å². The first kappa shape index (κ1) is 18.2. The first-order valence-electron chi connectivity index (χ1n) is 6.31. The van der Waals surface area contributed by atoms with Crippen LogP contribution >= 0.6 is 0 Å². The van der Waals surface area contributed by atoms with E-state index in [1.165, 1.54) is 0 Å². The van der Waals surface area contributed by atoms with E-state index < -0.39 is 29.9 Å². The van der Waals surface area contributed by atoms with Crippen molar-refractivity contribution in [3.63, 3.8) is 0 Å². The number of hydrogen-bond donors (Lipinski definition) is 3. The van der Waals surface area contributed by atoms with Crippen LogP contribution in [0.4, 0.5) is 0 Å². The Bertz CT molecular complexity index is 369. The molecule has 0 aromatic heterocycles. The predicted molar refractivity (Wildman–Crippen MR) is 70.9 cm³/mol. The number of carbonyl (C=O) groups is 2. The van der Waals surface area contributed by atoms with Crippen molar-refractivity contribution in [3.05, 3.63) is 5.21 Å². The summed E-state index contributed by atoms with van der Waals surface area (Å²) in [6.45, 7) is 5.10. The number of carbonyl (C=O) groups excluding carboxylic acids is 1. The molecule has 1 amide bonds. The lowest BCUT2D eigenvalue weighted by Gasteiger charge is -2.30. The fourth-order valence-electron chi connectivity index (χ4n) is 1.81. The van der Waals surface area contributed by atoms with E-state index in [4.69, 9.17) is 5.11 Å². The van der Waals surface area contributed by atoms with Crippen LogP contribution in [0.25, 0.3) is 0 Å². The summed E-state index contributed by atoms with van der Waals surface area (Å²) in [5, 5.41) is 32.4. The van der Waals surface area contributed by atoms with Crippen molar-refractivity contribution in [3.8, 4) is 0 Å². The average molecular weight is 290 g/mol. The molecule has 0 saturated carbocycles. The second-order valence-electron chi connectivity index (χ2n) is 4.72. The number of aliphatic hydroxyl groups is 1. The fraction of sp³-hybridized carbons (Fsp3) is 0.750. The van der Waals surface area contributed by atoms with Crippen LogP contribution < -0.4 is 5.32 Å². The van der Waals surface area contributed by atoms with Gasteiger partial charge in [0, 0.05) is 12.0 Å². The summed E-state index contributed by atoms with van der Waals surface area (Å²) in [6, 6.07) is -0.787. The maximum atomic E-state index is 11.6. The zero-order chi connectivity index (χ0) is 15.9. The van der Waals surface area contributed by atoms with Gasteiger partial charge in [0.2, 0.25) is 0 Å². The Morgan fingerprint density at radius 1 is 1.45 bits per heavy atom. The average Bonchev–Trinajstić information content (AvgIpc) is 2.35. The lowest BCUT2D eigenvalue weighted by molar-refractivity contribution is -0.729. The van der Waals surface area contributed by atoms with Gasteiger partial charge in [0.1, 0.15) is 0 Å². The maximum Gasteiger partial charge on any atom is 0.314 e. The molecule has 3 atom stereocenters. The second-order valence-corrected chi connectivity index (χ2v) is 4.72. The van der Waals surface area contributed by atoms with E-state index in [9.17, 15) is 19.9 Å². The summed E-state index contributed by atoms with van der Waals surface area (Å²) in [7, 11) is 1.10. The van der Waals surface area contributed by atoms with E-state index in [2.05, 4.69) is 10.2 Å². The van der Waals surface area contributed by atoms with Gasteiger partial charge in [0.05, 0.1) is 18.1 Å². The number of aliphatic carboxylic acids is 1. The van der Waals surface area contributed by atoms with Gasteiger partial charge in [-0.15, -0.1) is 0 Å². The molecule has 0 fully saturated rings. The predicted octanol–water partition coefficient (Wildman–Crippen LogP) is -0.259. The summed E-state index contributed by atoms with van der Waals surface area (Å²) in [6.07, 6.45) is -0.396. The van der Waals surface area contributed by atoms with Crippen LogP contribution in [0.15, 0.2) is 0 Å². The molecule has 0 heterocycles. The summed E-state index contributed by atoms with van der Waals surface area (Å²) < 4.78 is 0. The topological polar surface area (TPSA) is 122 Å². The molecule has 0 spiro atoms. The Hall–Kier alpha value is -1.83. The van der Waals surface area contributed by atoms with Crippen molar-refractivity contribution in [2.45, 2.75) is 39.3 Å². The van der Waals surface area contributed by atoms with Crippen LogP contribution in [0.3, 0.4) is 0 Å². The highest BCUT2D eigenvalue weighted by Crippen LogP contribution is 2.17. The molecule has 0 aromatic carbocycles. The third-order valence-corrected chi connectivity index (χ3v) is 2.97. The Balaban J connectivity index is 4.98. The highest BCUT2D eigenvalue weighted by Gasteiger charge is 2.34. The highest BCUT2D eigenvalue weighted by atomic mass is 16.9. The monoisotopic (exact) mass is 290 g/mol. The largest absolute Gasteiger partial charge is 0.481 e. The maximum absolute atomic E-state index is 11.6. The molecule has 8 nitrogen and oxygen atoms in total. The van der Waals surface area contributed by atoms with Gasteiger partial charge in [-0.25, -0.2) is 0 Å². The molecule has 0 saturated heterocycles. The van der Waals surface area contributed by atoms with E-state index >= 15 is 0 Å². The number of rotatable bonds is 8. The molecule has 0 aliphatic carbocycles. The molecule has 3 N–H and O–H groups in total. The third kappa shape index (κ3) is 5.43. The van der Waals surface area contributed by atoms with Crippen LogP contribution in [0.5, 0.6) is 0 Å². The Kier molecular flexibility index (Phi) is 7.60. The molecule has 0 radical (unpaired) electrons. The highest BCUT2D eigenvalue weighted by molar-refractivity contribution is 6.24. The molecule has 3 unspecified atom stereocenters. The molecule has 0 bridgehead atoms. The number of nitrogens with one attached hydrogen (secondary N) is 1. The van der Waals surface area contributed by atoms with E-state index in [0.717, 1.165) is 7.11 Å². The Morgan fingerprint density at radius 2 is 2.00 bits per heavy atom. The summed E-state index contributed by atoms with van der Waals surface area (Å²) in [5.41, 5.74) is 0. The van der Waals surface area contributed by atoms with Gasteiger partial charge in [-0.2, -0.15) is 0 Å². The number of aliphatic hydroxyl groups excluding tert-OH is 1. The Labute approximate surface area is 117 Å². The normalized spacial score (nSPS) is 16.4. The van der Waals surface area contributed by atoms with Crippen molar-refractivity contribution < 1.29 is 29.5 Å². The van der Waals surface area contributed by atoms with Gasteiger partial charge in [0.15, 0.2) is 0 Å². The minimum atomic E-state index is -1.25. The fourth-order valence-corrected chi connectivity index (χ4v) is 1.81. The van der Waals surface area contributed by atoms with Crippen molar-refractivity contribution in [1.82, 2.24) is 5.32 Å². The van der Waals surface area contributed by atoms with Crippen LogP contribution in [0.1, 0.15) is 27.2 Å². The van der Waals surface area contributed by atoms with Gasteiger partial charge in [-0.05, 0) is 12.3 Å². The molecular weight excluding hydrogens is 268 g/mol. The van der Waals surface area contributed by atoms with Gasteiger partial charge in [-0.1, -0.05) is 20.8 Å². The first-order chi connectivity index (χ1) is 9.24. The lowest BCUT2D eigenvalue weighted by Crippen LogP contribution is -2.51. The van der Waals surface area contributed by atoms with E-state index in [-0.39, 0.29) is 17.2 Å². The zero-order valence-electron chi connectivity index (χ0n) is 12.1. The van der Waals surface area contributed by atoms with Gasteiger partial charge in [0.25, 0.3) is 6.21 Å². The Morgan fingerprint density at radius 3 is 2.35 bits per heavy atom.